The van der Waals surface area contributed by atoms with Gasteiger partial charge in [0.1, 0.15) is 0 Å². The quantitative estimate of drug-likeness (QED) is 0.741. The van der Waals surface area contributed by atoms with Crippen molar-refractivity contribution >= 4 is 0 Å². The van der Waals surface area contributed by atoms with Crippen molar-refractivity contribution in [1.82, 2.24) is 20.1 Å². The summed E-state index contributed by atoms with van der Waals surface area (Å²) < 4.78 is 7.41. The highest BCUT2D eigenvalue weighted by Crippen LogP contribution is 2.23. The Hall–Kier alpha value is -2.50. The van der Waals surface area contributed by atoms with E-state index >= 15 is 0 Å². The van der Waals surface area contributed by atoms with E-state index in [1.54, 1.807) is 0 Å². The number of ether oxygens (including phenoxy) is 1. The molecule has 5 nitrogen and oxygen atoms in total. The molecule has 1 N–H and O–H groups in total. The molecule has 0 atom stereocenters. The summed E-state index contributed by atoms with van der Waals surface area (Å²) in [5, 5.41) is 8.47. The molecular weight excluding hydrogens is 324 g/mol. The second-order valence-corrected chi connectivity index (χ2v) is 6.71. The molecule has 1 aliphatic heterocycles. The lowest BCUT2D eigenvalue weighted by Gasteiger charge is -2.22. The number of pyridine rings is 1. The van der Waals surface area contributed by atoms with Gasteiger partial charge in [-0.2, -0.15) is 5.10 Å². The monoisotopic (exact) mass is 348 g/mol. The lowest BCUT2D eigenvalue weighted by atomic mass is 10.0. The fourth-order valence-corrected chi connectivity index (χ4v) is 3.37. The molecule has 0 radical (unpaired) electrons. The summed E-state index contributed by atoms with van der Waals surface area (Å²) in [5.74, 6) is 0.706. The fraction of sp³-hybridized carbons (Fsp3) is 0.333. The summed E-state index contributed by atoms with van der Waals surface area (Å²) in [6.07, 6.45) is 8.05. The minimum absolute atomic E-state index is 0.706. The highest BCUT2D eigenvalue weighted by molar-refractivity contribution is 5.62. The second kappa shape index (κ2) is 8.25. The van der Waals surface area contributed by atoms with Gasteiger partial charge in [0, 0.05) is 49.5 Å². The van der Waals surface area contributed by atoms with E-state index < -0.39 is 0 Å². The van der Waals surface area contributed by atoms with E-state index in [1.807, 2.05) is 47.4 Å². The summed E-state index contributed by atoms with van der Waals surface area (Å²) in [6, 6.07) is 14.3. The van der Waals surface area contributed by atoms with Crippen LogP contribution in [0.2, 0.25) is 0 Å². The Morgan fingerprint density at radius 1 is 1.04 bits per heavy atom. The van der Waals surface area contributed by atoms with Gasteiger partial charge in [0.2, 0.25) is 0 Å². The Kier molecular flexibility index (Phi) is 5.38. The number of para-hydroxylation sites is 1. The predicted molar refractivity (Wildman–Crippen MR) is 102 cm³/mol. The van der Waals surface area contributed by atoms with Gasteiger partial charge in [0.25, 0.3) is 0 Å². The van der Waals surface area contributed by atoms with Gasteiger partial charge in [0.15, 0.2) is 0 Å². The molecule has 0 amide bonds. The smallest absolute Gasteiger partial charge is 0.0973 e. The van der Waals surface area contributed by atoms with E-state index in [1.165, 1.54) is 5.56 Å². The normalized spacial score (nSPS) is 15.2. The van der Waals surface area contributed by atoms with E-state index in [0.29, 0.717) is 5.92 Å². The van der Waals surface area contributed by atoms with Gasteiger partial charge < -0.3 is 10.1 Å². The summed E-state index contributed by atoms with van der Waals surface area (Å²) in [7, 11) is 0. The zero-order chi connectivity index (χ0) is 17.6. The van der Waals surface area contributed by atoms with Crippen LogP contribution in [0.5, 0.6) is 0 Å². The van der Waals surface area contributed by atoms with Crippen LogP contribution in [-0.2, 0) is 11.3 Å². The summed E-state index contributed by atoms with van der Waals surface area (Å²) >= 11 is 0. The molecular formula is C21H24N4O. The van der Waals surface area contributed by atoms with Crippen molar-refractivity contribution in [2.45, 2.75) is 19.4 Å². The van der Waals surface area contributed by atoms with Crippen molar-refractivity contribution in [1.29, 1.82) is 0 Å². The van der Waals surface area contributed by atoms with Gasteiger partial charge in [-0.05, 0) is 49.6 Å². The topological polar surface area (TPSA) is 52.0 Å². The molecule has 5 heteroatoms. The van der Waals surface area contributed by atoms with Crippen molar-refractivity contribution in [3.63, 3.8) is 0 Å². The van der Waals surface area contributed by atoms with E-state index in [0.717, 1.165) is 56.1 Å². The van der Waals surface area contributed by atoms with E-state index in [4.69, 9.17) is 9.84 Å². The number of hydrogen-bond donors (Lipinski definition) is 1. The van der Waals surface area contributed by atoms with Crippen molar-refractivity contribution in [3.05, 3.63) is 66.6 Å². The maximum atomic E-state index is 5.45. The molecule has 0 unspecified atom stereocenters. The van der Waals surface area contributed by atoms with Crippen LogP contribution in [0.25, 0.3) is 16.9 Å². The van der Waals surface area contributed by atoms with Crippen LogP contribution in [0.15, 0.2) is 61.1 Å². The minimum Gasteiger partial charge on any atom is -0.381 e. The lowest BCUT2D eigenvalue weighted by Crippen LogP contribution is -2.27. The largest absolute Gasteiger partial charge is 0.381 e. The number of hydrogen-bond acceptors (Lipinski definition) is 4. The van der Waals surface area contributed by atoms with E-state index in [-0.39, 0.29) is 0 Å². The Labute approximate surface area is 154 Å². The molecule has 1 aromatic carbocycles. The first-order chi connectivity index (χ1) is 12.9. The lowest BCUT2D eigenvalue weighted by molar-refractivity contribution is 0.0662. The Bertz CT molecular complexity index is 811. The molecule has 0 saturated carbocycles. The summed E-state index contributed by atoms with van der Waals surface area (Å²) in [5.41, 5.74) is 4.37. The fourth-order valence-electron chi connectivity index (χ4n) is 3.37. The summed E-state index contributed by atoms with van der Waals surface area (Å²) in [4.78, 5) is 4.13. The van der Waals surface area contributed by atoms with Crippen LogP contribution >= 0.6 is 0 Å². The first-order valence-corrected chi connectivity index (χ1v) is 9.23. The standard InChI is InChI=1S/C21H24N4O/c1-2-4-20(5-3-1)25-16-19(15-23-14-17-8-12-26-13-9-17)21(24-25)18-6-10-22-11-7-18/h1-7,10-11,16-17,23H,8-9,12-15H2. The number of rotatable bonds is 6. The van der Waals surface area contributed by atoms with Gasteiger partial charge >= 0.3 is 0 Å². The Morgan fingerprint density at radius 2 is 1.81 bits per heavy atom. The number of nitrogens with one attached hydrogen (secondary N) is 1. The van der Waals surface area contributed by atoms with E-state index in [9.17, 15) is 0 Å². The zero-order valence-electron chi connectivity index (χ0n) is 14.8. The third-order valence-electron chi connectivity index (χ3n) is 4.85. The van der Waals surface area contributed by atoms with Crippen LogP contribution in [-0.4, -0.2) is 34.5 Å². The Balaban J connectivity index is 1.54. The van der Waals surface area contributed by atoms with Gasteiger partial charge in [-0.3, -0.25) is 4.98 Å². The molecule has 1 saturated heterocycles. The molecule has 0 spiro atoms. The number of aromatic nitrogens is 3. The van der Waals surface area contributed by atoms with Gasteiger partial charge in [0.05, 0.1) is 11.4 Å². The number of benzene rings is 1. The highest BCUT2D eigenvalue weighted by Gasteiger charge is 2.15. The van der Waals surface area contributed by atoms with Gasteiger partial charge in [-0.1, -0.05) is 18.2 Å². The average molecular weight is 348 g/mol. The van der Waals surface area contributed by atoms with Gasteiger partial charge in [-0.15, -0.1) is 0 Å². The Morgan fingerprint density at radius 3 is 2.58 bits per heavy atom. The predicted octanol–water partition coefficient (Wildman–Crippen LogP) is 3.45. The van der Waals surface area contributed by atoms with Crippen molar-refractivity contribution in [2.24, 2.45) is 5.92 Å². The molecule has 2 aromatic heterocycles. The maximum absolute atomic E-state index is 5.45. The first-order valence-electron chi connectivity index (χ1n) is 9.23. The molecule has 26 heavy (non-hydrogen) atoms. The van der Waals surface area contributed by atoms with Gasteiger partial charge in [-0.25, -0.2) is 4.68 Å². The van der Waals surface area contributed by atoms with Crippen molar-refractivity contribution in [3.8, 4) is 16.9 Å². The molecule has 4 rings (SSSR count). The molecule has 3 aromatic rings. The van der Waals surface area contributed by atoms with Crippen LogP contribution in [0, 0.1) is 5.92 Å². The third kappa shape index (κ3) is 4.00. The molecule has 134 valence electrons. The first kappa shape index (κ1) is 16.9. The van der Waals surface area contributed by atoms with E-state index in [2.05, 4.69) is 28.6 Å². The third-order valence-corrected chi connectivity index (χ3v) is 4.85. The van der Waals surface area contributed by atoms with Crippen LogP contribution < -0.4 is 5.32 Å². The SMILES string of the molecule is c1ccc(-n2cc(CNCC3CCOCC3)c(-c3ccncc3)n2)cc1. The average Bonchev–Trinajstić information content (AvgIpc) is 3.14. The molecule has 1 fully saturated rings. The highest BCUT2D eigenvalue weighted by atomic mass is 16.5. The van der Waals surface area contributed by atoms with Crippen LogP contribution in [0.3, 0.4) is 0 Å². The van der Waals surface area contributed by atoms with Crippen molar-refractivity contribution < 1.29 is 4.74 Å². The molecule has 0 aliphatic carbocycles. The number of nitrogens with zero attached hydrogens (tertiary/aromatic N) is 3. The van der Waals surface area contributed by atoms with Crippen LogP contribution in [0.1, 0.15) is 18.4 Å². The maximum Gasteiger partial charge on any atom is 0.0973 e. The summed E-state index contributed by atoms with van der Waals surface area (Å²) in [6.45, 7) is 3.61. The van der Waals surface area contributed by atoms with Crippen LogP contribution in [0.4, 0.5) is 0 Å². The minimum atomic E-state index is 0.706. The molecule has 3 heterocycles. The zero-order valence-corrected chi connectivity index (χ0v) is 14.8. The second-order valence-electron chi connectivity index (χ2n) is 6.71. The molecule has 1 aliphatic rings. The molecule has 0 bridgehead atoms. The van der Waals surface area contributed by atoms with Crippen molar-refractivity contribution in [2.75, 3.05) is 19.8 Å².